The minimum absolute atomic E-state index is 0.0544. The SMILES string of the molecule is NC1CCCCC1N(C(=O)c1ccc(Cl)cc1Cl)c1csc(-c2ccccc2)c1. The van der Waals surface area contributed by atoms with E-state index in [0.29, 0.717) is 15.6 Å². The zero-order valence-corrected chi connectivity index (χ0v) is 18.2. The van der Waals surface area contributed by atoms with Gasteiger partial charge in [0.15, 0.2) is 0 Å². The Balaban J connectivity index is 1.75. The Bertz CT molecular complexity index is 1010. The van der Waals surface area contributed by atoms with Crippen LogP contribution in [-0.4, -0.2) is 18.0 Å². The minimum Gasteiger partial charge on any atom is -0.326 e. The van der Waals surface area contributed by atoms with E-state index in [2.05, 4.69) is 18.2 Å². The monoisotopic (exact) mass is 444 g/mol. The number of amides is 1. The third kappa shape index (κ3) is 4.36. The van der Waals surface area contributed by atoms with Gasteiger partial charge in [-0.3, -0.25) is 4.79 Å². The number of rotatable bonds is 4. The van der Waals surface area contributed by atoms with Crippen LogP contribution in [0, 0.1) is 0 Å². The molecular weight excluding hydrogens is 423 g/mol. The molecule has 1 fully saturated rings. The lowest BCUT2D eigenvalue weighted by Gasteiger charge is -2.38. The van der Waals surface area contributed by atoms with Crippen molar-refractivity contribution in [1.82, 2.24) is 0 Å². The van der Waals surface area contributed by atoms with Gasteiger partial charge in [-0.25, -0.2) is 0 Å². The predicted octanol–water partition coefficient (Wildman–Crippen LogP) is 6.64. The summed E-state index contributed by atoms with van der Waals surface area (Å²) in [6.45, 7) is 0. The van der Waals surface area contributed by atoms with Gasteiger partial charge in [0.2, 0.25) is 0 Å². The molecule has 1 heterocycles. The highest BCUT2D eigenvalue weighted by molar-refractivity contribution is 7.14. The van der Waals surface area contributed by atoms with Crippen LogP contribution in [0.25, 0.3) is 10.4 Å². The topological polar surface area (TPSA) is 46.3 Å². The maximum Gasteiger partial charge on any atom is 0.260 e. The van der Waals surface area contributed by atoms with Crippen LogP contribution < -0.4 is 10.6 Å². The first-order valence-corrected chi connectivity index (χ1v) is 11.4. The lowest BCUT2D eigenvalue weighted by atomic mass is 9.89. The van der Waals surface area contributed by atoms with Crippen molar-refractivity contribution in [2.75, 3.05) is 4.90 Å². The quantitative estimate of drug-likeness (QED) is 0.489. The van der Waals surface area contributed by atoms with E-state index in [0.717, 1.165) is 41.8 Å². The summed E-state index contributed by atoms with van der Waals surface area (Å²) in [5.41, 5.74) is 8.92. The van der Waals surface area contributed by atoms with Crippen molar-refractivity contribution in [3.05, 3.63) is 75.6 Å². The summed E-state index contributed by atoms with van der Waals surface area (Å²) >= 11 is 14.0. The Morgan fingerprint density at radius 2 is 1.79 bits per heavy atom. The Labute approximate surface area is 185 Å². The summed E-state index contributed by atoms with van der Waals surface area (Å²) < 4.78 is 0. The van der Waals surface area contributed by atoms with Crippen molar-refractivity contribution >= 4 is 46.1 Å². The second-order valence-electron chi connectivity index (χ2n) is 7.35. The fourth-order valence-electron chi connectivity index (χ4n) is 3.92. The van der Waals surface area contributed by atoms with Gasteiger partial charge < -0.3 is 10.6 Å². The molecule has 0 radical (unpaired) electrons. The van der Waals surface area contributed by atoms with Gasteiger partial charge in [0.25, 0.3) is 5.91 Å². The Kier molecular flexibility index (Phi) is 6.26. The maximum absolute atomic E-state index is 13.6. The van der Waals surface area contributed by atoms with Gasteiger partial charge in [0, 0.05) is 21.3 Å². The molecule has 0 aliphatic heterocycles. The van der Waals surface area contributed by atoms with Crippen molar-refractivity contribution < 1.29 is 4.79 Å². The number of thiophene rings is 1. The number of hydrogen-bond donors (Lipinski definition) is 1. The summed E-state index contributed by atoms with van der Waals surface area (Å²) in [6, 6.07) is 17.1. The second kappa shape index (κ2) is 8.88. The molecule has 0 spiro atoms. The molecule has 1 aromatic heterocycles. The molecule has 0 saturated heterocycles. The third-order valence-corrected chi connectivity index (χ3v) is 6.93. The average Bonchev–Trinajstić information content (AvgIpc) is 3.20. The zero-order chi connectivity index (χ0) is 20.4. The molecule has 1 amide bonds. The van der Waals surface area contributed by atoms with Gasteiger partial charge >= 0.3 is 0 Å². The van der Waals surface area contributed by atoms with E-state index >= 15 is 0 Å². The van der Waals surface area contributed by atoms with E-state index < -0.39 is 0 Å². The number of halogens is 2. The van der Waals surface area contributed by atoms with E-state index in [1.54, 1.807) is 29.5 Å². The first kappa shape index (κ1) is 20.4. The van der Waals surface area contributed by atoms with Gasteiger partial charge in [-0.2, -0.15) is 0 Å². The maximum atomic E-state index is 13.6. The highest BCUT2D eigenvalue weighted by Crippen LogP contribution is 2.36. The van der Waals surface area contributed by atoms with Crippen LogP contribution in [0.2, 0.25) is 10.0 Å². The molecule has 0 bridgehead atoms. The molecule has 2 unspecified atom stereocenters. The molecule has 1 aliphatic rings. The van der Waals surface area contributed by atoms with Crippen molar-refractivity contribution in [3.8, 4) is 10.4 Å². The van der Waals surface area contributed by atoms with E-state index in [-0.39, 0.29) is 18.0 Å². The number of hydrogen-bond acceptors (Lipinski definition) is 3. The first-order valence-electron chi connectivity index (χ1n) is 9.73. The van der Waals surface area contributed by atoms with Crippen LogP contribution in [0.15, 0.2) is 60.0 Å². The molecule has 2 N–H and O–H groups in total. The summed E-state index contributed by atoms with van der Waals surface area (Å²) in [5.74, 6) is -0.133. The highest BCUT2D eigenvalue weighted by Gasteiger charge is 2.34. The van der Waals surface area contributed by atoms with Crippen molar-refractivity contribution in [2.45, 2.75) is 37.8 Å². The van der Waals surface area contributed by atoms with Crippen LogP contribution >= 0.6 is 34.5 Å². The van der Waals surface area contributed by atoms with E-state index in [1.165, 1.54) is 0 Å². The number of carbonyl (C=O) groups is 1. The van der Waals surface area contributed by atoms with Crippen LogP contribution in [-0.2, 0) is 0 Å². The van der Waals surface area contributed by atoms with Gasteiger partial charge in [0.05, 0.1) is 22.3 Å². The molecule has 29 heavy (non-hydrogen) atoms. The molecule has 1 saturated carbocycles. The Hall–Kier alpha value is -1.85. The number of benzene rings is 2. The van der Waals surface area contributed by atoms with Crippen LogP contribution in [0.1, 0.15) is 36.0 Å². The van der Waals surface area contributed by atoms with Gasteiger partial charge in [0.1, 0.15) is 0 Å². The molecule has 150 valence electrons. The Morgan fingerprint density at radius 1 is 1.03 bits per heavy atom. The molecule has 2 aromatic carbocycles. The molecule has 3 aromatic rings. The van der Waals surface area contributed by atoms with Gasteiger partial charge in [-0.05, 0) is 42.7 Å². The predicted molar refractivity (Wildman–Crippen MR) is 123 cm³/mol. The van der Waals surface area contributed by atoms with E-state index in [4.69, 9.17) is 28.9 Å². The number of nitrogens with two attached hydrogens (primary N) is 1. The van der Waals surface area contributed by atoms with Gasteiger partial charge in [-0.15, -0.1) is 11.3 Å². The fourth-order valence-corrected chi connectivity index (χ4v) is 5.30. The van der Waals surface area contributed by atoms with Crippen LogP contribution in [0.4, 0.5) is 5.69 Å². The lowest BCUT2D eigenvalue weighted by Crippen LogP contribution is -2.52. The second-order valence-corrected chi connectivity index (χ2v) is 9.11. The van der Waals surface area contributed by atoms with Gasteiger partial charge in [-0.1, -0.05) is 66.4 Å². The van der Waals surface area contributed by atoms with Crippen LogP contribution in [0.5, 0.6) is 0 Å². The smallest absolute Gasteiger partial charge is 0.260 e. The summed E-state index contributed by atoms with van der Waals surface area (Å²) in [7, 11) is 0. The third-order valence-electron chi connectivity index (χ3n) is 5.42. The molecule has 6 heteroatoms. The molecule has 1 aliphatic carbocycles. The standard InChI is InChI=1S/C23H22Cl2N2OS/c24-16-10-11-18(19(25)12-16)23(28)27(21-9-5-4-8-20(21)26)17-13-22(29-14-17)15-6-2-1-3-7-15/h1-3,6-7,10-14,20-21H,4-5,8-9,26H2. The number of nitrogens with zero attached hydrogens (tertiary/aromatic N) is 1. The van der Waals surface area contributed by atoms with Crippen molar-refractivity contribution in [3.63, 3.8) is 0 Å². The fraction of sp³-hybridized carbons (Fsp3) is 0.261. The summed E-state index contributed by atoms with van der Waals surface area (Å²) in [4.78, 5) is 16.6. The first-order chi connectivity index (χ1) is 14.0. The average molecular weight is 445 g/mol. The normalized spacial score (nSPS) is 19.1. The van der Waals surface area contributed by atoms with Crippen molar-refractivity contribution in [1.29, 1.82) is 0 Å². The Morgan fingerprint density at radius 3 is 2.52 bits per heavy atom. The summed E-state index contributed by atoms with van der Waals surface area (Å²) in [6.07, 6.45) is 3.96. The molecule has 3 nitrogen and oxygen atoms in total. The van der Waals surface area contributed by atoms with Crippen molar-refractivity contribution in [2.24, 2.45) is 5.73 Å². The number of carbonyl (C=O) groups excluding carboxylic acids is 1. The minimum atomic E-state index is -0.133. The molecule has 2 atom stereocenters. The summed E-state index contributed by atoms with van der Waals surface area (Å²) in [5, 5.41) is 2.90. The van der Waals surface area contributed by atoms with E-state index in [9.17, 15) is 4.79 Å². The largest absolute Gasteiger partial charge is 0.326 e. The van der Waals surface area contributed by atoms with Crippen LogP contribution in [0.3, 0.4) is 0 Å². The van der Waals surface area contributed by atoms with E-state index in [1.807, 2.05) is 28.5 Å². The number of anilines is 1. The highest BCUT2D eigenvalue weighted by atomic mass is 35.5. The lowest BCUT2D eigenvalue weighted by molar-refractivity contribution is 0.0967. The zero-order valence-electron chi connectivity index (χ0n) is 15.9. The molecule has 4 rings (SSSR count). The molecular formula is C23H22Cl2N2OS.